The maximum Gasteiger partial charge on any atom is 0.402 e. The van der Waals surface area contributed by atoms with Gasteiger partial charge >= 0.3 is 6.14 Å². The molecule has 0 saturated carbocycles. The van der Waals surface area contributed by atoms with Crippen molar-refractivity contribution in [3.63, 3.8) is 0 Å². The van der Waals surface area contributed by atoms with Gasteiger partial charge in [0.15, 0.2) is 0 Å². The lowest BCUT2D eigenvalue weighted by Gasteiger charge is -2.26. The van der Waals surface area contributed by atoms with Gasteiger partial charge in [-0.2, -0.15) is 9.37 Å². The number of aromatic nitrogens is 4. The minimum atomic E-state index is -1.13. The van der Waals surface area contributed by atoms with Gasteiger partial charge in [0.1, 0.15) is 5.75 Å². The van der Waals surface area contributed by atoms with E-state index in [2.05, 4.69) is 69.6 Å². The van der Waals surface area contributed by atoms with E-state index in [-0.39, 0.29) is 23.0 Å². The van der Waals surface area contributed by atoms with Crippen LogP contribution in [0.1, 0.15) is 30.5 Å². The molecule has 0 amide bonds. The van der Waals surface area contributed by atoms with Crippen LogP contribution in [0, 0.1) is 18.9 Å². The monoisotopic (exact) mass is 408 g/mol. The quantitative estimate of drug-likeness (QED) is 0.450. The van der Waals surface area contributed by atoms with Crippen molar-refractivity contribution in [2.75, 3.05) is 0 Å². The molecule has 4 rings (SSSR count). The van der Waals surface area contributed by atoms with Gasteiger partial charge in [-0.1, -0.05) is 60.9 Å². The maximum absolute atomic E-state index is 14.1. The third kappa shape index (κ3) is 3.89. The van der Waals surface area contributed by atoms with Crippen LogP contribution in [0.25, 0.3) is 11.7 Å². The molecule has 0 unspecified atom stereocenters. The van der Waals surface area contributed by atoms with Crippen LogP contribution in [-0.4, -0.2) is 20.2 Å². The van der Waals surface area contributed by atoms with Gasteiger partial charge in [0.25, 0.3) is 11.8 Å². The molecule has 8 heteroatoms. The summed E-state index contributed by atoms with van der Waals surface area (Å²) >= 11 is 0. The van der Waals surface area contributed by atoms with Crippen LogP contribution in [0.2, 0.25) is 0 Å². The van der Waals surface area contributed by atoms with Gasteiger partial charge in [-0.05, 0) is 30.2 Å². The molecule has 0 aliphatic carbocycles. The molecule has 0 atom stereocenters. The number of hydrogen-bond donors (Lipinski definition) is 0. The summed E-state index contributed by atoms with van der Waals surface area (Å²) < 4.78 is 37.2. The van der Waals surface area contributed by atoms with Crippen LogP contribution < -0.4 is 4.74 Å². The number of hydrogen-bond acceptors (Lipinski definition) is 6. The predicted octanol–water partition coefficient (Wildman–Crippen LogP) is 5.23. The molecule has 2 aromatic carbocycles. The molecule has 0 N–H and O–H groups in total. The largest absolute Gasteiger partial charge is 0.436 e. The SMILES string of the molecule is Cc1ccc(C(C)(C)c2ccc(Oc3nc(-c4nnc(F)o4)ncc3F)cc2)cc1. The van der Waals surface area contributed by atoms with Crippen molar-refractivity contribution in [2.45, 2.75) is 26.2 Å². The van der Waals surface area contributed by atoms with Crippen LogP contribution in [0.15, 0.2) is 59.1 Å². The lowest BCUT2D eigenvalue weighted by molar-refractivity contribution is 0.341. The number of nitrogens with zero attached hydrogens (tertiary/aromatic N) is 4. The van der Waals surface area contributed by atoms with Crippen molar-refractivity contribution in [3.8, 4) is 23.3 Å². The second-order valence-electron chi connectivity index (χ2n) is 7.32. The Hall–Kier alpha value is -3.68. The average molecular weight is 408 g/mol. The third-order valence-corrected chi connectivity index (χ3v) is 4.87. The number of halogens is 2. The van der Waals surface area contributed by atoms with E-state index in [9.17, 15) is 8.78 Å². The van der Waals surface area contributed by atoms with Gasteiger partial charge in [0.05, 0.1) is 6.20 Å². The molecule has 4 aromatic rings. The Balaban J connectivity index is 1.57. The van der Waals surface area contributed by atoms with E-state index < -0.39 is 12.0 Å². The molecule has 2 aromatic heterocycles. The van der Waals surface area contributed by atoms with Crippen LogP contribution in [-0.2, 0) is 5.41 Å². The van der Waals surface area contributed by atoms with Crippen LogP contribution in [0.4, 0.5) is 8.78 Å². The van der Waals surface area contributed by atoms with Crippen LogP contribution >= 0.6 is 0 Å². The zero-order chi connectivity index (χ0) is 21.3. The molecule has 0 spiro atoms. The zero-order valence-corrected chi connectivity index (χ0v) is 16.6. The fourth-order valence-electron chi connectivity index (χ4n) is 3.01. The highest BCUT2D eigenvalue weighted by Gasteiger charge is 2.23. The molecule has 0 fully saturated rings. The Kier molecular flexibility index (Phi) is 4.99. The standard InChI is InChI=1S/C22H18F2N4O2/c1-13-4-6-14(7-5-13)22(2,3)15-8-10-16(11-9-15)29-19-17(23)12-25-18(26-19)20-27-28-21(24)30-20/h4-12H,1-3H3. The fraction of sp³-hybridized carbons (Fsp3) is 0.182. The molecule has 152 valence electrons. The first kappa shape index (κ1) is 19.6. The molecule has 0 radical (unpaired) electrons. The van der Waals surface area contributed by atoms with Crippen LogP contribution in [0.3, 0.4) is 0 Å². The normalized spacial score (nSPS) is 11.5. The van der Waals surface area contributed by atoms with E-state index >= 15 is 0 Å². The number of benzene rings is 2. The number of aryl methyl sites for hydroxylation is 1. The lowest BCUT2D eigenvalue weighted by Crippen LogP contribution is -2.18. The topological polar surface area (TPSA) is 73.9 Å². The lowest BCUT2D eigenvalue weighted by atomic mass is 9.78. The first-order valence-corrected chi connectivity index (χ1v) is 9.20. The van der Waals surface area contributed by atoms with Gasteiger partial charge in [0, 0.05) is 5.41 Å². The average Bonchev–Trinajstić information content (AvgIpc) is 3.17. The Labute approximate surface area is 171 Å². The van der Waals surface area contributed by atoms with E-state index in [0.717, 1.165) is 11.8 Å². The summed E-state index contributed by atoms with van der Waals surface area (Å²) in [5.74, 6) is -1.13. The smallest absolute Gasteiger partial charge is 0.402 e. The highest BCUT2D eigenvalue weighted by atomic mass is 19.1. The van der Waals surface area contributed by atoms with E-state index in [4.69, 9.17) is 4.74 Å². The third-order valence-electron chi connectivity index (χ3n) is 4.87. The Morgan fingerprint density at radius 3 is 2.13 bits per heavy atom. The van der Waals surface area contributed by atoms with Crippen molar-refractivity contribution in [1.82, 2.24) is 20.2 Å². The van der Waals surface area contributed by atoms with Gasteiger partial charge in [0.2, 0.25) is 11.6 Å². The minimum Gasteiger partial charge on any atom is -0.436 e. The Bertz CT molecular complexity index is 1170. The van der Waals surface area contributed by atoms with Gasteiger partial charge in [-0.25, -0.2) is 4.98 Å². The van der Waals surface area contributed by atoms with E-state index in [1.165, 1.54) is 11.1 Å². The van der Waals surface area contributed by atoms with Crippen LogP contribution in [0.5, 0.6) is 11.6 Å². The highest BCUT2D eigenvalue weighted by Crippen LogP contribution is 2.33. The second kappa shape index (κ2) is 7.62. The van der Waals surface area contributed by atoms with Crippen molar-refractivity contribution in [2.24, 2.45) is 0 Å². The molecule has 0 aliphatic rings. The molecule has 0 aliphatic heterocycles. The highest BCUT2D eigenvalue weighted by molar-refractivity contribution is 5.43. The van der Waals surface area contributed by atoms with E-state index in [1.807, 2.05) is 12.1 Å². The molecule has 6 nitrogen and oxygen atoms in total. The van der Waals surface area contributed by atoms with Crippen molar-refractivity contribution in [3.05, 3.63) is 83.4 Å². The van der Waals surface area contributed by atoms with E-state index in [0.29, 0.717) is 5.75 Å². The van der Waals surface area contributed by atoms with E-state index in [1.54, 1.807) is 12.1 Å². The summed E-state index contributed by atoms with van der Waals surface area (Å²) in [6.07, 6.45) is -0.235. The van der Waals surface area contributed by atoms with Crippen molar-refractivity contribution < 1.29 is 17.9 Å². The Morgan fingerprint density at radius 1 is 0.900 bits per heavy atom. The zero-order valence-electron chi connectivity index (χ0n) is 16.6. The number of ether oxygens (including phenoxy) is 1. The second-order valence-corrected chi connectivity index (χ2v) is 7.32. The fourth-order valence-corrected chi connectivity index (χ4v) is 3.01. The maximum atomic E-state index is 14.1. The molecule has 0 bridgehead atoms. The van der Waals surface area contributed by atoms with Gasteiger partial charge in [-0.15, -0.1) is 9.49 Å². The molecule has 0 saturated heterocycles. The summed E-state index contributed by atoms with van der Waals surface area (Å²) in [7, 11) is 0. The molecule has 30 heavy (non-hydrogen) atoms. The summed E-state index contributed by atoms with van der Waals surface area (Å²) in [5.41, 5.74) is 3.23. The predicted molar refractivity (Wildman–Crippen MR) is 105 cm³/mol. The van der Waals surface area contributed by atoms with Gasteiger partial charge in [-0.3, -0.25) is 0 Å². The molecular formula is C22H18F2N4O2. The summed E-state index contributed by atoms with van der Waals surface area (Å²) in [6.45, 7) is 6.32. The van der Waals surface area contributed by atoms with Gasteiger partial charge < -0.3 is 9.15 Å². The Morgan fingerprint density at radius 2 is 1.53 bits per heavy atom. The van der Waals surface area contributed by atoms with Crippen molar-refractivity contribution >= 4 is 0 Å². The first-order chi connectivity index (χ1) is 14.3. The summed E-state index contributed by atoms with van der Waals surface area (Å²) in [4.78, 5) is 7.63. The molecular weight excluding hydrogens is 390 g/mol. The summed E-state index contributed by atoms with van der Waals surface area (Å²) in [6, 6.07) is 15.7. The summed E-state index contributed by atoms with van der Waals surface area (Å²) in [5, 5.41) is 6.54. The molecule has 2 heterocycles. The minimum absolute atomic E-state index is 0.139. The number of rotatable bonds is 5. The van der Waals surface area contributed by atoms with Crippen molar-refractivity contribution in [1.29, 1.82) is 0 Å². The first-order valence-electron chi connectivity index (χ1n) is 9.20.